The summed E-state index contributed by atoms with van der Waals surface area (Å²) in [5, 5.41) is 11.3. The smallest absolute Gasteiger partial charge is 0.157 e. The third-order valence-corrected chi connectivity index (χ3v) is 20.9. The van der Waals surface area contributed by atoms with Gasteiger partial charge in [-0.1, -0.05) is 278 Å². The second kappa shape index (κ2) is 23.5. The molecule has 0 spiro atoms. The number of furan rings is 4. The fraction of sp³-hybridized carbons (Fsp3) is 0. The van der Waals surface area contributed by atoms with Crippen molar-refractivity contribution in [2.75, 3.05) is 0 Å². The summed E-state index contributed by atoms with van der Waals surface area (Å²) < 4.78 is 22.5. The molecule has 76 heavy (non-hydrogen) atoms. The minimum atomic E-state index is 0.150. The van der Waals surface area contributed by atoms with E-state index in [1.165, 1.54) is 0 Å². The molecule has 0 amide bonds. The zero-order valence-electron chi connectivity index (χ0n) is 35.3. The Morgan fingerprint density at radius 1 is 0.171 bits per heavy atom. The summed E-state index contributed by atoms with van der Waals surface area (Å²) in [5.41, 5.74) is 3.45. The number of benzene rings is 8. The van der Waals surface area contributed by atoms with Gasteiger partial charge in [-0.05, 0) is 24.3 Å². The van der Waals surface area contributed by atoms with Crippen LogP contribution in [0, 0.1) is 0 Å². The van der Waals surface area contributed by atoms with Crippen LogP contribution in [-0.4, -0.2) is 0 Å². The lowest BCUT2D eigenvalue weighted by Crippen LogP contribution is -1.78. The molecule has 0 N–H and O–H groups in total. The van der Waals surface area contributed by atoms with E-state index in [0.717, 1.165) is 0 Å². The largest absolute Gasteiger partial charge is 0.456 e. The first-order chi connectivity index (χ1) is 35.7. The van der Waals surface area contributed by atoms with E-state index in [9.17, 15) is 0 Å². The molecule has 4 heterocycles. The molecule has 392 valence electrons. The fourth-order valence-electron chi connectivity index (χ4n) is 7.50. The van der Waals surface area contributed by atoms with Gasteiger partial charge < -0.3 is 17.7 Å². The minimum absolute atomic E-state index is 0.150. The average molecular weight is 1500 g/mol. The second-order valence-corrected chi connectivity index (χ2v) is 24.6. The molecule has 0 atom stereocenters. The molecule has 12 aromatic rings. The monoisotopic (exact) mass is 1490 g/mol. The van der Waals surface area contributed by atoms with E-state index in [1.54, 1.807) is 48.5 Å². The highest BCUT2D eigenvalue weighted by Crippen LogP contribution is 2.51. The van der Waals surface area contributed by atoms with Crippen molar-refractivity contribution >= 4 is 366 Å². The lowest BCUT2D eigenvalue weighted by molar-refractivity contribution is 0.668. The molecule has 12 rings (SSSR count). The van der Waals surface area contributed by atoms with Gasteiger partial charge in [0.1, 0.15) is 42.4 Å². The van der Waals surface area contributed by atoms with Crippen molar-refractivity contribution in [3.63, 3.8) is 0 Å². The molecule has 0 radical (unpaired) electrons. The van der Waals surface area contributed by atoms with Gasteiger partial charge in [0.15, 0.2) is 22.3 Å². The van der Waals surface area contributed by atoms with Gasteiger partial charge >= 0.3 is 0 Å². The molecule has 0 aliphatic rings. The molecule has 0 fully saturated rings. The van der Waals surface area contributed by atoms with Crippen LogP contribution in [0.3, 0.4) is 0 Å². The van der Waals surface area contributed by atoms with E-state index in [2.05, 4.69) is 0 Å². The second-order valence-electron chi connectivity index (χ2n) is 15.3. The van der Waals surface area contributed by atoms with Crippen molar-refractivity contribution in [2.45, 2.75) is 0 Å². The maximum absolute atomic E-state index is 6.20. The lowest BCUT2D eigenvalue weighted by Gasteiger charge is -2.03. The van der Waals surface area contributed by atoms with E-state index in [0.29, 0.717) is 128 Å². The Labute approximate surface area is 546 Å². The van der Waals surface area contributed by atoms with Gasteiger partial charge in [0, 0.05) is 62.0 Å². The van der Waals surface area contributed by atoms with Crippen molar-refractivity contribution < 1.29 is 17.7 Å². The summed E-state index contributed by atoms with van der Waals surface area (Å²) in [7, 11) is 0. The maximum Gasteiger partial charge on any atom is 0.157 e. The molecule has 0 aliphatic heterocycles. The predicted octanol–water partition coefficient (Wildman–Crippen LogP) is 30.0. The molecule has 0 saturated carbocycles. The fourth-order valence-corrected chi connectivity index (χ4v) is 12.7. The maximum atomic E-state index is 6.20. The summed E-state index contributed by atoms with van der Waals surface area (Å²) in [6.07, 6.45) is 0. The Kier molecular flexibility index (Phi) is 18.7. The van der Waals surface area contributed by atoms with E-state index < -0.39 is 0 Å². The summed E-state index contributed by atoms with van der Waals surface area (Å²) in [4.78, 5) is 0. The topological polar surface area (TPSA) is 52.6 Å². The normalized spacial score (nSPS) is 11.7. The SMILES string of the molecule is Clc1cc2c(oc3c(Cl)c(Cl)c(Cl)cc32)c(Cl)c1Cl.Clc1cc2c(oc3cc(Cl)c(Cl)c(Cl)c32)c(Cl)c1Cl.Clc1cc2oc3c(Cl)c(Cl)c(Cl)c(Cl)c3c2cc1Cl.Clc1cc2oc3cc(Cl)c(Cl)c(Cl)c3c2c(Cl)c1Cl. The zero-order chi connectivity index (χ0) is 55.6. The van der Waals surface area contributed by atoms with Gasteiger partial charge in [-0.2, -0.15) is 0 Å². The third-order valence-electron chi connectivity index (χ3n) is 10.9. The minimum Gasteiger partial charge on any atom is -0.456 e. The van der Waals surface area contributed by atoms with Crippen LogP contribution in [0.5, 0.6) is 0 Å². The number of hydrogen-bond acceptors (Lipinski definition) is 4. The first-order valence-electron chi connectivity index (χ1n) is 19.8. The Bertz CT molecular complexity index is 4300. The Morgan fingerprint density at radius 2 is 0.447 bits per heavy atom. The highest BCUT2D eigenvalue weighted by atomic mass is 35.5. The lowest BCUT2D eigenvalue weighted by atomic mass is 10.1. The van der Waals surface area contributed by atoms with Crippen LogP contribution in [0.25, 0.3) is 87.8 Å². The van der Waals surface area contributed by atoms with Crippen LogP contribution in [0.15, 0.2) is 66.2 Å². The van der Waals surface area contributed by atoms with Crippen LogP contribution >= 0.6 is 278 Å². The van der Waals surface area contributed by atoms with Crippen molar-refractivity contribution in [3.05, 3.63) is 169 Å². The highest BCUT2D eigenvalue weighted by Gasteiger charge is 2.25. The molecule has 0 aliphatic carbocycles. The number of rotatable bonds is 0. The van der Waals surface area contributed by atoms with Gasteiger partial charge in [-0.3, -0.25) is 0 Å². The Morgan fingerprint density at radius 3 is 0.895 bits per heavy atom. The first kappa shape index (κ1) is 60.5. The first-order valence-corrected chi connectivity index (χ1v) is 28.9. The number of fused-ring (bicyclic) bond motifs is 12. The Hall–Kier alpha value is -0.0800. The summed E-state index contributed by atoms with van der Waals surface area (Å²) in [5.74, 6) is 0. The molecular weight excluding hydrogens is 1490 g/mol. The van der Waals surface area contributed by atoms with Crippen LogP contribution in [-0.2, 0) is 0 Å². The van der Waals surface area contributed by atoms with E-state index in [4.69, 9.17) is 296 Å². The number of halogens is 24. The van der Waals surface area contributed by atoms with Gasteiger partial charge in [0.2, 0.25) is 0 Å². The zero-order valence-corrected chi connectivity index (χ0v) is 53.5. The van der Waals surface area contributed by atoms with Gasteiger partial charge in [0.05, 0.1) is 106 Å². The van der Waals surface area contributed by atoms with Crippen molar-refractivity contribution in [2.24, 2.45) is 0 Å². The quantitative estimate of drug-likeness (QED) is 0.112. The van der Waals surface area contributed by atoms with Crippen molar-refractivity contribution in [1.29, 1.82) is 0 Å². The van der Waals surface area contributed by atoms with Crippen LogP contribution in [0.2, 0.25) is 121 Å². The molecule has 0 saturated heterocycles. The number of hydrogen-bond donors (Lipinski definition) is 0. The molecular formula is C48H8Cl24O4. The van der Waals surface area contributed by atoms with Crippen molar-refractivity contribution in [3.8, 4) is 0 Å². The van der Waals surface area contributed by atoms with Crippen LogP contribution in [0.4, 0.5) is 0 Å². The molecule has 4 aromatic heterocycles. The molecule has 8 aromatic carbocycles. The van der Waals surface area contributed by atoms with E-state index in [-0.39, 0.29) is 80.4 Å². The van der Waals surface area contributed by atoms with Crippen LogP contribution < -0.4 is 0 Å². The Balaban J connectivity index is 0.000000124. The molecule has 4 nitrogen and oxygen atoms in total. The standard InChI is InChI=1S/4C12H2Cl6O/c13-3-1-5-7(11(17)9(3)15)8-6(19-5)2-4(14)10(16)12(8)18;13-5-1-3-4-2-6(14)8(16)10(18)12(4)19-11(3)9(17)7(5)15;13-4-1-3-7-6(2-5(14)8(15)10(7)17)19-12(3)11(18)9(4)16;13-4-1-3-6(2-5(4)14)19-12-7(3)8(15)9(16)10(17)11(12)18/h4*1-2H. The summed E-state index contributed by atoms with van der Waals surface area (Å²) >= 11 is 145. The predicted molar refractivity (Wildman–Crippen MR) is 335 cm³/mol. The molecule has 0 bridgehead atoms. The van der Waals surface area contributed by atoms with Crippen molar-refractivity contribution in [1.82, 2.24) is 0 Å². The van der Waals surface area contributed by atoms with Gasteiger partial charge in [-0.25, -0.2) is 0 Å². The summed E-state index contributed by atoms with van der Waals surface area (Å²) in [6.45, 7) is 0. The van der Waals surface area contributed by atoms with Gasteiger partial charge in [-0.15, -0.1) is 0 Å². The molecule has 28 heteroatoms. The van der Waals surface area contributed by atoms with E-state index >= 15 is 0 Å². The van der Waals surface area contributed by atoms with Gasteiger partial charge in [0.25, 0.3) is 0 Å². The third kappa shape index (κ3) is 10.7. The summed E-state index contributed by atoms with van der Waals surface area (Å²) in [6, 6.07) is 12.9. The van der Waals surface area contributed by atoms with E-state index in [1.807, 2.05) is 0 Å². The average Bonchev–Trinajstić information content (AvgIpc) is 4.19. The molecule has 0 unspecified atom stereocenters. The van der Waals surface area contributed by atoms with Crippen LogP contribution in [0.1, 0.15) is 0 Å². The highest BCUT2D eigenvalue weighted by molar-refractivity contribution is 6.59.